The summed E-state index contributed by atoms with van der Waals surface area (Å²) in [5.41, 5.74) is 4.13. The van der Waals surface area contributed by atoms with Gasteiger partial charge in [-0.25, -0.2) is 15.0 Å². The molecule has 4 heteroatoms. The van der Waals surface area contributed by atoms with Gasteiger partial charge in [0.05, 0.1) is 0 Å². The summed E-state index contributed by atoms with van der Waals surface area (Å²) in [6, 6.07) is 11.7. The Morgan fingerprint density at radius 2 is 1.78 bits per heavy atom. The topological polar surface area (TPSA) is 38.7 Å². The fourth-order valence-electron chi connectivity index (χ4n) is 1.77. The molecule has 0 saturated heterocycles. The van der Waals surface area contributed by atoms with Gasteiger partial charge in [0.1, 0.15) is 11.2 Å². The van der Waals surface area contributed by atoms with Crippen molar-refractivity contribution in [2.24, 2.45) is 0 Å². The number of rotatable bonds is 1. The molecule has 2 aromatic heterocycles. The maximum absolute atomic E-state index is 6.18. The lowest BCUT2D eigenvalue weighted by Gasteiger charge is -2.05. The fraction of sp³-hybridized carbons (Fsp3) is 0.0714. The summed E-state index contributed by atoms with van der Waals surface area (Å²) >= 11 is 6.18. The second-order valence-electron chi connectivity index (χ2n) is 4.08. The normalized spacial score (nSPS) is 10.8. The first-order chi connectivity index (χ1) is 8.74. The van der Waals surface area contributed by atoms with E-state index in [4.69, 9.17) is 11.6 Å². The van der Waals surface area contributed by atoms with Crippen molar-refractivity contribution >= 4 is 22.8 Å². The second-order valence-corrected chi connectivity index (χ2v) is 4.43. The third-order valence-corrected chi connectivity index (χ3v) is 2.99. The molecule has 88 valence electrons. The number of aryl methyl sites for hydroxylation is 1. The molecule has 3 aromatic rings. The lowest BCUT2D eigenvalue weighted by molar-refractivity contribution is 1.22. The van der Waals surface area contributed by atoms with E-state index in [1.165, 1.54) is 5.56 Å². The lowest BCUT2D eigenvalue weighted by atomic mass is 10.1. The highest BCUT2D eigenvalue weighted by molar-refractivity contribution is 6.32. The molecule has 18 heavy (non-hydrogen) atoms. The number of halogens is 1. The zero-order chi connectivity index (χ0) is 12.5. The van der Waals surface area contributed by atoms with Crippen LogP contribution in [0.4, 0.5) is 0 Å². The van der Waals surface area contributed by atoms with Crippen LogP contribution in [-0.2, 0) is 0 Å². The quantitative estimate of drug-likeness (QED) is 0.666. The van der Waals surface area contributed by atoms with Crippen LogP contribution in [0.25, 0.3) is 22.4 Å². The predicted molar refractivity (Wildman–Crippen MR) is 72.5 cm³/mol. The Hall–Kier alpha value is -2.00. The first kappa shape index (κ1) is 11.1. The molecule has 0 saturated carbocycles. The third kappa shape index (κ3) is 1.93. The van der Waals surface area contributed by atoms with Crippen molar-refractivity contribution in [1.82, 2.24) is 15.0 Å². The van der Waals surface area contributed by atoms with Gasteiger partial charge in [0.15, 0.2) is 10.8 Å². The van der Waals surface area contributed by atoms with E-state index >= 15 is 0 Å². The van der Waals surface area contributed by atoms with Crippen LogP contribution in [-0.4, -0.2) is 15.0 Å². The van der Waals surface area contributed by atoms with E-state index in [0.717, 1.165) is 5.56 Å². The average molecular weight is 256 g/mol. The second kappa shape index (κ2) is 4.35. The molecule has 0 aliphatic rings. The zero-order valence-electron chi connectivity index (χ0n) is 9.76. The van der Waals surface area contributed by atoms with Crippen LogP contribution in [0, 0.1) is 6.92 Å². The van der Waals surface area contributed by atoms with Gasteiger partial charge < -0.3 is 0 Å². The van der Waals surface area contributed by atoms with Gasteiger partial charge in [0, 0.05) is 11.8 Å². The molecular weight excluding hydrogens is 246 g/mol. The van der Waals surface area contributed by atoms with Gasteiger partial charge in [-0.15, -0.1) is 0 Å². The van der Waals surface area contributed by atoms with Crippen molar-refractivity contribution in [3.8, 4) is 11.3 Å². The van der Waals surface area contributed by atoms with E-state index in [2.05, 4.69) is 15.0 Å². The molecule has 0 amide bonds. The first-order valence-electron chi connectivity index (χ1n) is 5.59. The molecule has 0 unspecified atom stereocenters. The van der Waals surface area contributed by atoms with Crippen LogP contribution in [0.1, 0.15) is 5.56 Å². The Morgan fingerprint density at radius 1 is 1.00 bits per heavy atom. The van der Waals surface area contributed by atoms with E-state index in [0.29, 0.717) is 22.0 Å². The van der Waals surface area contributed by atoms with Gasteiger partial charge in [-0.2, -0.15) is 0 Å². The van der Waals surface area contributed by atoms with Crippen molar-refractivity contribution < 1.29 is 0 Å². The van der Waals surface area contributed by atoms with Gasteiger partial charge in [-0.1, -0.05) is 41.4 Å². The van der Waals surface area contributed by atoms with E-state index < -0.39 is 0 Å². The van der Waals surface area contributed by atoms with Crippen LogP contribution in [0.15, 0.2) is 42.6 Å². The van der Waals surface area contributed by atoms with Crippen molar-refractivity contribution in [1.29, 1.82) is 0 Å². The Balaban J connectivity index is 2.22. The molecule has 0 spiro atoms. The summed E-state index contributed by atoms with van der Waals surface area (Å²) in [4.78, 5) is 13.0. The summed E-state index contributed by atoms with van der Waals surface area (Å²) in [7, 11) is 0. The monoisotopic (exact) mass is 255 g/mol. The SMILES string of the molecule is Cc1ccc(-c2nc3ncccc3nc2Cl)cc1. The number of fused-ring (bicyclic) bond motifs is 1. The molecule has 0 bridgehead atoms. The molecule has 2 heterocycles. The van der Waals surface area contributed by atoms with E-state index in [-0.39, 0.29) is 0 Å². The molecule has 0 aliphatic heterocycles. The third-order valence-electron chi connectivity index (χ3n) is 2.72. The number of hydrogen-bond acceptors (Lipinski definition) is 3. The smallest absolute Gasteiger partial charge is 0.178 e. The van der Waals surface area contributed by atoms with Crippen molar-refractivity contribution in [2.75, 3.05) is 0 Å². The summed E-state index contributed by atoms with van der Waals surface area (Å²) in [6.07, 6.45) is 1.70. The minimum Gasteiger partial charge on any atom is -0.235 e. The molecule has 0 atom stereocenters. The standard InChI is InChI=1S/C14H10ClN3/c1-9-4-6-10(7-5-9)12-13(15)17-11-3-2-8-16-14(11)18-12/h2-8H,1H3. The van der Waals surface area contributed by atoms with E-state index in [9.17, 15) is 0 Å². The first-order valence-corrected chi connectivity index (χ1v) is 5.97. The highest BCUT2D eigenvalue weighted by atomic mass is 35.5. The molecule has 0 fully saturated rings. The Morgan fingerprint density at radius 3 is 2.56 bits per heavy atom. The Kier molecular flexibility index (Phi) is 2.68. The molecule has 0 N–H and O–H groups in total. The van der Waals surface area contributed by atoms with Crippen molar-refractivity contribution in [3.63, 3.8) is 0 Å². The Bertz CT molecular complexity index is 708. The average Bonchev–Trinajstić information content (AvgIpc) is 2.39. The highest BCUT2D eigenvalue weighted by Gasteiger charge is 2.09. The largest absolute Gasteiger partial charge is 0.235 e. The van der Waals surface area contributed by atoms with Crippen molar-refractivity contribution in [3.05, 3.63) is 53.3 Å². The fourth-order valence-corrected chi connectivity index (χ4v) is 2.01. The minimum atomic E-state index is 0.402. The number of hydrogen-bond donors (Lipinski definition) is 0. The minimum absolute atomic E-state index is 0.402. The van der Waals surface area contributed by atoms with E-state index in [1.54, 1.807) is 6.20 Å². The molecular formula is C14H10ClN3. The Labute approximate surface area is 109 Å². The molecule has 3 rings (SSSR count). The maximum Gasteiger partial charge on any atom is 0.178 e. The molecule has 0 radical (unpaired) electrons. The van der Waals surface area contributed by atoms with Crippen LogP contribution < -0.4 is 0 Å². The molecule has 0 aliphatic carbocycles. The number of benzene rings is 1. The van der Waals surface area contributed by atoms with Crippen molar-refractivity contribution in [2.45, 2.75) is 6.92 Å². The highest BCUT2D eigenvalue weighted by Crippen LogP contribution is 2.26. The number of aromatic nitrogens is 3. The van der Waals surface area contributed by atoms with Crippen LogP contribution in [0.3, 0.4) is 0 Å². The zero-order valence-corrected chi connectivity index (χ0v) is 10.5. The molecule has 1 aromatic carbocycles. The van der Waals surface area contributed by atoms with Gasteiger partial charge >= 0.3 is 0 Å². The maximum atomic E-state index is 6.18. The van der Waals surface area contributed by atoms with Gasteiger partial charge in [0.25, 0.3) is 0 Å². The van der Waals surface area contributed by atoms with Gasteiger partial charge in [-0.05, 0) is 19.1 Å². The summed E-state index contributed by atoms with van der Waals surface area (Å²) < 4.78 is 0. The van der Waals surface area contributed by atoms with Crippen LogP contribution in [0.5, 0.6) is 0 Å². The lowest BCUT2D eigenvalue weighted by Crippen LogP contribution is -1.93. The summed E-state index contributed by atoms with van der Waals surface area (Å²) in [6.45, 7) is 2.04. The predicted octanol–water partition coefficient (Wildman–Crippen LogP) is 3.65. The van der Waals surface area contributed by atoms with Crippen LogP contribution >= 0.6 is 11.6 Å². The van der Waals surface area contributed by atoms with Crippen LogP contribution in [0.2, 0.25) is 5.15 Å². The summed E-state index contributed by atoms with van der Waals surface area (Å²) in [5.74, 6) is 0. The number of nitrogens with zero attached hydrogens (tertiary/aromatic N) is 3. The van der Waals surface area contributed by atoms with Gasteiger partial charge in [0.2, 0.25) is 0 Å². The summed E-state index contributed by atoms with van der Waals surface area (Å²) in [5, 5.41) is 0.402. The molecule has 3 nitrogen and oxygen atoms in total. The number of pyridine rings is 1. The van der Waals surface area contributed by atoms with Gasteiger partial charge in [-0.3, -0.25) is 0 Å². The van der Waals surface area contributed by atoms with E-state index in [1.807, 2.05) is 43.3 Å².